The van der Waals surface area contributed by atoms with Crippen molar-refractivity contribution >= 4 is 16.0 Å². The Morgan fingerprint density at radius 1 is 1.38 bits per heavy atom. The van der Waals surface area contributed by atoms with Crippen molar-refractivity contribution < 1.29 is 27.8 Å². The van der Waals surface area contributed by atoms with Crippen LogP contribution in [0, 0.1) is 0 Å². The highest BCUT2D eigenvalue weighted by molar-refractivity contribution is 7.89. The number of sulfonamides is 1. The highest BCUT2D eigenvalue weighted by atomic mass is 32.2. The summed E-state index contributed by atoms with van der Waals surface area (Å²) in [5.41, 5.74) is 0.166. The molecule has 1 aromatic carbocycles. The molecule has 7 nitrogen and oxygen atoms in total. The molecule has 8 heteroatoms. The largest absolute Gasteiger partial charge is 0.497 e. The summed E-state index contributed by atoms with van der Waals surface area (Å²) in [6.45, 7) is 1.87. The van der Waals surface area contributed by atoms with Gasteiger partial charge in [0, 0.05) is 13.2 Å². The third kappa shape index (κ3) is 5.00. The topological polar surface area (TPSA) is 102 Å². The number of hydrogen-bond acceptors (Lipinski definition) is 5. The lowest BCUT2D eigenvalue weighted by atomic mass is 10.1. The number of carboxylic acids is 1. The standard InChI is InChI=1S/C13H19NO6S/c1-9(8-19-2)14-21(17,18)12-5-4-11(20-3)6-10(12)7-13(15)16/h4-6,9,14H,7-8H2,1-3H3,(H,15,16). The molecule has 0 aliphatic carbocycles. The second kappa shape index (κ2) is 7.39. The molecule has 1 rings (SSSR count). The Morgan fingerprint density at radius 3 is 2.57 bits per heavy atom. The van der Waals surface area contributed by atoms with Gasteiger partial charge in [-0.2, -0.15) is 0 Å². The number of methoxy groups -OCH3 is 2. The molecule has 1 atom stereocenters. The maximum atomic E-state index is 12.3. The van der Waals surface area contributed by atoms with Crippen molar-refractivity contribution in [2.24, 2.45) is 0 Å². The first-order valence-corrected chi connectivity index (χ1v) is 7.68. The predicted octanol–water partition coefficient (Wildman–Crippen LogP) is 0.635. The van der Waals surface area contributed by atoms with E-state index >= 15 is 0 Å². The van der Waals surface area contributed by atoms with Crippen molar-refractivity contribution in [1.29, 1.82) is 0 Å². The molecule has 0 aliphatic rings. The van der Waals surface area contributed by atoms with Crippen LogP contribution in [0.2, 0.25) is 0 Å². The number of nitrogens with one attached hydrogen (secondary N) is 1. The fraction of sp³-hybridized carbons (Fsp3) is 0.462. The minimum atomic E-state index is -3.83. The third-order valence-corrected chi connectivity index (χ3v) is 4.36. The zero-order chi connectivity index (χ0) is 16.0. The number of rotatable bonds is 8. The minimum Gasteiger partial charge on any atom is -0.497 e. The molecule has 21 heavy (non-hydrogen) atoms. The minimum absolute atomic E-state index is 0.0753. The zero-order valence-corrected chi connectivity index (χ0v) is 12.9. The average Bonchev–Trinajstić information content (AvgIpc) is 2.37. The molecule has 0 bridgehead atoms. The van der Waals surface area contributed by atoms with E-state index in [0.29, 0.717) is 5.75 Å². The van der Waals surface area contributed by atoms with Crippen molar-refractivity contribution in [3.8, 4) is 5.75 Å². The van der Waals surface area contributed by atoms with Crippen molar-refractivity contribution in [2.45, 2.75) is 24.3 Å². The van der Waals surface area contributed by atoms with Crippen molar-refractivity contribution in [3.05, 3.63) is 23.8 Å². The van der Waals surface area contributed by atoms with Gasteiger partial charge in [-0.3, -0.25) is 4.79 Å². The highest BCUT2D eigenvalue weighted by Gasteiger charge is 2.22. The molecule has 0 saturated heterocycles. The zero-order valence-electron chi connectivity index (χ0n) is 12.1. The number of carboxylic acid groups (broad SMARTS) is 1. The number of benzene rings is 1. The van der Waals surface area contributed by atoms with Gasteiger partial charge in [-0.05, 0) is 30.7 Å². The second-order valence-corrected chi connectivity index (χ2v) is 6.20. The molecular weight excluding hydrogens is 298 g/mol. The van der Waals surface area contributed by atoms with Crippen LogP contribution in [-0.2, 0) is 26.0 Å². The lowest BCUT2D eigenvalue weighted by Gasteiger charge is -2.16. The Morgan fingerprint density at radius 2 is 2.05 bits per heavy atom. The third-order valence-electron chi connectivity index (χ3n) is 2.67. The lowest BCUT2D eigenvalue weighted by molar-refractivity contribution is -0.136. The molecule has 0 heterocycles. The van der Waals surface area contributed by atoms with Crippen LogP contribution >= 0.6 is 0 Å². The summed E-state index contributed by atoms with van der Waals surface area (Å²) in [6, 6.07) is 3.78. The Labute approximate surface area is 123 Å². The van der Waals surface area contributed by atoms with Crippen molar-refractivity contribution in [3.63, 3.8) is 0 Å². The van der Waals surface area contributed by atoms with E-state index < -0.39 is 28.5 Å². The molecule has 0 aromatic heterocycles. The SMILES string of the molecule is COCC(C)NS(=O)(=O)c1ccc(OC)cc1CC(=O)O. The van der Waals surface area contributed by atoms with Crippen LogP contribution in [0.15, 0.2) is 23.1 Å². The normalized spacial score (nSPS) is 12.9. The quantitative estimate of drug-likeness (QED) is 0.729. The molecule has 0 fully saturated rings. The molecule has 0 saturated carbocycles. The van der Waals surface area contributed by atoms with Crippen LogP contribution < -0.4 is 9.46 Å². The molecule has 1 unspecified atom stereocenters. The van der Waals surface area contributed by atoms with E-state index in [4.69, 9.17) is 14.6 Å². The number of ether oxygens (including phenoxy) is 2. The predicted molar refractivity (Wildman–Crippen MR) is 76.0 cm³/mol. The molecule has 0 radical (unpaired) electrons. The van der Waals surface area contributed by atoms with Crippen LogP contribution in [0.5, 0.6) is 5.75 Å². The monoisotopic (exact) mass is 317 g/mol. The Balaban J connectivity index is 3.17. The van der Waals surface area contributed by atoms with E-state index in [1.807, 2.05) is 0 Å². The molecule has 2 N–H and O–H groups in total. The van der Waals surface area contributed by atoms with Gasteiger partial charge in [-0.25, -0.2) is 13.1 Å². The number of carbonyl (C=O) groups is 1. The van der Waals surface area contributed by atoms with Gasteiger partial charge in [0.25, 0.3) is 0 Å². The Hall–Kier alpha value is -1.64. The second-order valence-electron chi connectivity index (χ2n) is 4.52. The van der Waals surface area contributed by atoms with Gasteiger partial charge in [0.15, 0.2) is 0 Å². The van der Waals surface area contributed by atoms with E-state index in [1.54, 1.807) is 6.92 Å². The summed E-state index contributed by atoms with van der Waals surface area (Å²) < 4.78 is 36.9. The summed E-state index contributed by atoms with van der Waals surface area (Å²) in [5, 5.41) is 8.91. The summed E-state index contributed by atoms with van der Waals surface area (Å²) in [6.07, 6.45) is -0.411. The van der Waals surface area contributed by atoms with Gasteiger partial charge >= 0.3 is 5.97 Å². The first-order valence-electron chi connectivity index (χ1n) is 6.20. The molecule has 1 aromatic rings. The smallest absolute Gasteiger partial charge is 0.307 e. The van der Waals surface area contributed by atoms with E-state index in [0.717, 1.165) is 0 Å². The fourth-order valence-electron chi connectivity index (χ4n) is 1.86. The summed E-state index contributed by atoms with van der Waals surface area (Å²) in [5.74, 6) is -0.722. The summed E-state index contributed by atoms with van der Waals surface area (Å²) in [4.78, 5) is 10.8. The molecular formula is C13H19NO6S. The number of hydrogen-bond donors (Lipinski definition) is 2. The first-order chi connectivity index (χ1) is 9.80. The molecule has 0 aliphatic heterocycles. The maximum absolute atomic E-state index is 12.3. The molecule has 118 valence electrons. The molecule has 0 spiro atoms. The fourth-order valence-corrected chi connectivity index (χ4v) is 3.31. The van der Waals surface area contributed by atoms with E-state index in [-0.39, 0.29) is 17.1 Å². The van der Waals surface area contributed by atoms with Gasteiger partial charge < -0.3 is 14.6 Å². The Bertz CT molecular complexity index is 599. The molecule has 0 amide bonds. The van der Waals surface area contributed by atoms with Gasteiger partial charge in [-0.15, -0.1) is 0 Å². The summed E-state index contributed by atoms with van der Waals surface area (Å²) in [7, 11) is -0.942. The van der Waals surface area contributed by atoms with E-state index in [2.05, 4.69) is 4.72 Å². The lowest BCUT2D eigenvalue weighted by Crippen LogP contribution is -2.36. The number of aliphatic carboxylic acids is 1. The van der Waals surface area contributed by atoms with E-state index in [1.165, 1.54) is 32.4 Å². The maximum Gasteiger partial charge on any atom is 0.307 e. The van der Waals surface area contributed by atoms with Gasteiger partial charge in [-0.1, -0.05) is 0 Å². The van der Waals surface area contributed by atoms with Crippen LogP contribution in [0.3, 0.4) is 0 Å². The van der Waals surface area contributed by atoms with Crippen molar-refractivity contribution in [2.75, 3.05) is 20.8 Å². The van der Waals surface area contributed by atoms with Crippen LogP contribution in [-0.4, -0.2) is 46.4 Å². The van der Waals surface area contributed by atoms with Crippen LogP contribution in [0.4, 0.5) is 0 Å². The van der Waals surface area contributed by atoms with Crippen LogP contribution in [0.1, 0.15) is 12.5 Å². The highest BCUT2D eigenvalue weighted by Crippen LogP contribution is 2.22. The Kier molecular flexibility index (Phi) is 6.13. The van der Waals surface area contributed by atoms with Crippen LogP contribution in [0.25, 0.3) is 0 Å². The van der Waals surface area contributed by atoms with Gasteiger partial charge in [0.05, 0.1) is 25.0 Å². The average molecular weight is 317 g/mol. The van der Waals surface area contributed by atoms with Crippen molar-refractivity contribution in [1.82, 2.24) is 4.72 Å². The van der Waals surface area contributed by atoms with Gasteiger partial charge in [0.2, 0.25) is 10.0 Å². The van der Waals surface area contributed by atoms with E-state index in [9.17, 15) is 13.2 Å². The first kappa shape index (κ1) is 17.4. The summed E-state index contributed by atoms with van der Waals surface area (Å²) >= 11 is 0. The van der Waals surface area contributed by atoms with Gasteiger partial charge in [0.1, 0.15) is 5.75 Å².